The first-order valence-electron chi connectivity index (χ1n) is 7.53. The van der Waals surface area contributed by atoms with E-state index in [-0.39, 0.29) is 10.7 Å². The van der Waals surface area contributed by atoms with Crippen molar-refractivity contribution < 1.29 is 13.2 Å². The molecule has 1 aliphatic heterocycles. The molecule has 8 heteroatoms. The van der Waals surface area contributed by atoms with E-state index in [1.54, 1.807) is 25.3 Å². The Balaban J connectivity index is 1.76. The number of hydrogen-bond acceptors (Lipinski definition) is 5. The topological polar surface area (TPSA) is 71.5 Å². The van der Waals surface area contributed by atoms with Crippen molar-refractivity contribution in [3.8, 4) is 0 Å². The van der Waals surface area contributed by atoms with Crippen molar-refractivity contribution in [2.45, 2.75) is 11.8 Å². The first-order valence-corrected chi connectivity index (χ1v) is 9.39. The Bertz CT molecular complexity index is 819. The lowest BCUT2D eigenvalue weighted by Crippen LogP contribution is -2.36. The monoisotopic (exact) mass is 367 g/mol. The molecule has 24 heavy (non-hydrogen) atoms. The van der Waals surface area contributed by atoms with Gasteiger partial charge in [-0.25, -0.2) is 13.4 Å². The molecule has 6 nitrogen and oxygen atoms in total. The first kappa shape index (κ1) is 17.0. The summed E-state index contributed by atoms with van der Waals surface area (Å²) in [4.78, 5) is 6.51. The molecule has 0 atom stereocenters. The minimum Gasteiger partial charge on any atom is -0.378 e. The van der Waals surface area contributed by atoms with Gasteiger partial charge in [-0.1, -0.05) is 11.6 Å². The van der Waals surface area contributed by atoms with Gasteiger partial charge in [-0.15, -0.1) is 0 Å². The van der Waals surface area contributed by atoms with Crippen LogP contribution in [-0.4, -0.2) is 39.7 Å². The Morgan fingerprint density at radius 1 is 1.21 bits per heavy atom. The summed E-state index contributed by atoms with van der Waals surface area (Å²) in [6.45, 7) is 4.74. The van der Waals surface area contributed by atoms with Crippen molar-refractivity contribution in [3.63, 3.8) is 0 Å². The number of nitrogens with one attached hydrogen (secondary N) is 1. The molecule has 0 bridgehead atoms. The van der Waals surface area contributed by atoms with Gasteiger partial charge in [-0.3, -0.25) is 4.72 Å². The molecule has 0 spiro atoms. The summed E-state index contributed by atoms with van der Waals surface area (Å²) in [5.74, 6) is 0.277. The Labute approximate surface area is 146 Å². The van der Waals surface area contributed by atoms with Crippen LogP contribution in [0.5, 0.6) is 0 Å². The second-order valence-corrected chi connectivity index (χ2v) is 7.61. The molecule has 0 amide bonds. The standard InChI is InChI=1S/C16H18ClN3O3S/c1-12-10-14(3-4-15(12)17)24(21,22)19-16-5-2-13(11-18-16)20-6-8-23-9-7-20/h2-5,10-11H,6-9H2,1H3,(H,18,19). The van der Waals surface area contributed by atoms with E-state index in [9.17, 15) is 8.42 Å². The van der Waals surface area contributed by atoms with Gasteiger partial charge in [0.1, 0.15) is 5.82 Å². The minimum absolute atomic E-state index is 0.156. The highest BCUT2D eigenvalue weighted by molar-refractivity contribution is 7.92. The largest absolute Gasteiger partial charge is 0.378 e. The molecule has 2 aromatic rings. The molecule has 1 aliphatic rings. The van der Waals surface area contributed by atoms with Crippen LogP contribution in [0.15, 0.2) is 41.4 Å². The molecule has 1 saturated heterocycles. The second-order valence-electron chi connectivity index (χ2n) is 5.52. The maximum atomic E-state index is 12.4. The van der Waals surface area contributed by atoms with Gasteiger partial charge in [-0.05, 0) is 42.8 Å². The van der Waals surface area contributed by atoms with Gasteiger partial charge in [-0.2, -0.15) is 0 Å². The highest BCUT2D eigenvalue weighted by atomic mass is 35.5. The fourth-order valence-electron chi connectivity index (χ4n) is 2.44. The van der Waals surface area contributed by atoms with Gasteiger partial charge < -0.3 is 9.64 Å². The maximum Gasteiger partial charge on any atom is 0.263 e. The Kier molecular flexibility index (Phi) is 4.93. The molecule has 3 rings (SSSR count). The molecule has 1 aromatic carbocycles. The fraction of sp³-hybridized carbons (Fsp3) is 0.312. The number of aromatic nitrogens is 1. The zero-order valence-corrected chi connectivity index (χ0v) is 14.8. The molecular weight excluding hydrogens is 350 g/mol. The molecular formula is C16H18ClN3O3S. The van der Waals surface area contributed by atoms with Gasteiger partial charge in [0.2, 0.25) is 0 Å². The Morgan fingerprint density at radius 3 is 2.58 bits per heavy atom. The van der Waals surface area contributed by atoms with E-state index in [1.165, 1.54) is 12.1 Å². The average molecular weight is 368 g/mol. The van der Waals surface area contributed by atoms with E-state index < -0.39 is 10.0 Å². The Morgan fingerprint density at radius 2 is 1.96 bits per heavy atom. The minimum atomic E-state index is -3.70. The van der Waals surface area contributed by atoms with Crippen LogP contribution < -0.4 is 9.62 Å². The second kappa shape index (κ2) is 6.96. The van der Waals surface area contributed by atoms with Crippen LogP contribution in [0.3, 0.4) is 0 Å². The molecule has 0 saturated carbocycles. The molecule has 2 heterocycles. The number of ether oxygens (including phenoxy) is 1. The van der Waals surface area contributed by atoms with E-state index >= 15 is 0 Å². The third-order valence-electron chi connectivity index (χ3n) is 3.80. The van der Waals surface area contributed by atoms with E-state index in [1.807, 2.05) is 6.07 Å². The average Bonchev–Trinajstić information content (AvgIpc) is 2.58. The number of anilines is 2. The molecule has 128 valence electrons. The van der Waals surface area contributed by atoms with Crippen LogP contribution in [-0.2, 0) is 14.8 Å². The maximum absolute atomic E-state index is 12.4. The first-order chi connectivity index (χ1) is 11.5. The zero-order chi connectivity index (χ0) is 17.2. The highest BCUT2D eigenvalue weighted by Crippen LogP contribution is 2.22. The number of pyridine rings is 1. The van der Waals surface area contributed by atoms with Gasteiger partial charge in [0.15, 0.2) is 0 Å². The molecule has 0 unspecified atom stereocenters. The lowest BCUT2D eigenvalue weighted by molar-refractivity contribution is 0.122. The van der Waals surface area contributed by atoms with Crippen molar-refractivity contribution in [1.82, 2.24) is 4.98 Å². The van der Waals surface area contributed by atoms with E-state index in [4.69, 9.17) is 16.3 Å². The van der Waals surface area contributed by atoms with Gasteiger partial charge in [0, 0.05) is 18.1 Å². The number of aryl methyl sites for hydroxylation is 1. The molecule has 1 fully saturated rings. The van der Waals surface area contributed by atoms with Crippen molar-refractivity contribution >= 4 is 33.1 Å². The predicted molar refractivity (Wildman–Crippen MR) is 94.3 cm³/mol. The number of rotatable bonds is 4. The third-order valence-corrected chi connectivity index (χ3v) is 5.58. The van der Waals surface area contributed by atoms with E-state index in [0.717, 1.165) is 18.8 Å². The van der Waals surface area contributed by atoms with Crippen LogP contribution in [0, 0.1) is 6.92 Å². The summed E-state index contributed by atoms with van der Waals surface area (Å²) >= 11 is 5.94. The molecule has 0 aliphatic carbocycles. The van der Waals surface area contributed by atoms with Crippen molar-refractivity contribution in [2.75, 3.05) is 35.9 Å². The summed E-state index contributed by atoms with van der Waals surface area (Å²) in [5, 5.41) is 0.530. The summed E-state index contributed by atoms with van der Waals surface area (Å²) in [5.41, 5.74) is 1.65. The van der Waals surface area contributed by atoms with Crippen molar-refractivity contribution in [3.05, 3.63) is 47.1 Å². The van der Waals surface area contributed by atoms with Gasteiger partial charge in [0.05, 0.1) is 30.0 Å². The third kappa shape index (κ3) is 3.80. The van der Waals surface area contributed by atoms with Crippen molar-refractivity contribution in [2.24, 2.45) is 0 Å². The number of morpholine rings is 1. The van der Waals surface area contributed by atoms with Crippen LogP contribution in [0.1, 0.15) is 5.56 Å². The smallest absolute Gasteiger partial charge is 0.263 e. The number of halogens is 1. The highest BCUT2D eigenvalue weighted by Gasteiger charge is 2.17. The van der Waals surface area contributed by atoms with Crippen LogP contribution in [0.4, 0.5) is 11.5 Å². The summed E-state index contributed by atoms with van der Waals surface area (Å²) in [6.07, 6.45) is 1.66. The predicted octanol–water partition coefficient (Wildman–Crippen LogP) is 2.68. The summed E-state index contributed by atoms with van der Waals surface area (Å²) < 4.78 is 32.7. The summed E-state index contributed by atoms with van der Waals surface area (Å²) in [7, 11) is -3.70. The lowest BCUT2D eigenvalue weighted by atomic mass is 10.2. The zero-order valence-electron chi connectivity index (χ0n) is 13.2. The normalized spacial score (nSPS) is 15.3. The molecule has 0 radical (unpaired) electrons. The van der Waals surface area contributed by atoms with E-state index in [0.29, 0.717) is 23.8 Å². The van der Waals surface area contributed by atoms with E-state index in [2.05, 4.69) is 14.6 Å². The number of benzene rings is 1. The summed E-state index contributed by atoms with van der Waals surface area (Å²) in [6, 6.07) is 8.08. The quantitative estimate of drug-likeness (QED) is 0.899. The number of nitrogens with zero attached hydrogens (tertiary/aromatic N) is 2. The molecule has 1 N–H and O–H groups in total. The van der Waals surface area contributed by atoms with Crippen LogP contribution in [0.25, 0.3) is 0 Å². The lowest BCUT2D eigenvalue weighted by Gasteiger charge is -2.28. The number of hydrogen-bond donors (Lipinski definition) is 1. The SMILES string of the molecule is Cc1cc(S(=O)(=O)Nc2ccc(N3CCOCC3)cn2)ccc1Cl. The van der Waals surface area contributed by atoms with Crippen LogP contribution >= 0.6 is 11.6 Å². The van der Waals surface area contributed by atoms with Gasteiger partial charge >= 0.3 is 0 Å². The fourth-order valence-corrected chi connectivity index (χ4v) is 3.65. The van der Waals surface area contributed by atoms with Gasteiger partial charge in [0.25, 0.3) is 10.0 Å². The molecule has 1 aromatic heterocycles. The number of sulfonamides is 1. The van der Waals surface area contributed by atoms with Crippen LogP contribution in [0.2, 0.25) is 5.02 Å². The Hall–Kier alpha value is -1.83. The van der Waals surface area contributed by atoms with Crippen molar-refractivity contribution in [1.29, 1.82) is 0 Å².